The van der Waals surface area contributed by atoms with Gasteiger partial charge >= 0.3 is 0 Å². The normalized spacial score (nSPS) is 10.5. The van der Waals surface area contributed by atoms with Gasteiger partial charge in [0, 0.05) is 87.0 Å². The van der Waals surface area contributed by atoms with Crippen molar-refractivity contribution >= 4 is 82.2 Å². The smallest absolute Gasteiger partial charge is 0.271 e. The molecule has 0 aromatic heterocycles. The number of anilines is 1. The van der Waals surface area contributed by atoms with Gasteiger partial charge in [0.2, 0.25) is 0 Å². The van der Waals surface area contributed by atoms with Crippen LogP contribution in [0.4, 0.5) is 5.69 Å². The minimum absolute atomic E-state index is 0. The summed E-state index contributed by atoms with van der Waals surface area (Å²) in [6.45, 7) is 7.62. The number of hydrogen-bond donors (Lipinski definition) is 10. The van der Waals surface area contributed by atoms with Crippen molar-refractivity contribution in [3.8, 4) is 40.2 Å². The Morgan fingerprint density at radius 2 is 0.728 bits per heavy atom. The minimum atomic E-state index is -0.330. The van der Waals surface area contributed by atoms with Gasteiger partial charge in [0.1, 0.15) is 40.2 Å². The maximum Gasteiger partial charge on any atom is 0.271 e. The van der Waals surface area contributed by atoms with Gasteiger partial charge in [-0.2, -0.15) is 25.5 Å². The monoisotopic (exact) mass is 1450 g/mol. The molecule has 0 aliphatic rings. The molecule has 0 fully saturated rings. The zero-order valence-corrected chi connectivity index (χ0v) is 58.5. The number of carbonyl (C=O) groups excluding carboxylic acids is 5. The fourth-order valence-electron chi connectivity index (χ4n) is 8.53. The summed E-state index contributed by atoms with van der Waals surface area (Å²) in [4.78, 5) is 61.3. The Kier molecular flexibility index (Phi) is 32.7. The van der Waals surface area contributed by atoms with Gasteiger partial charge in [0.15, 0.2) is 0 Å². The third-order valence-electron chi connectivity index (χ3n) is 14.0. The van der Waals surface area contributed by atoms with E-state index in [1.807, 2.05) is 126 Å². The molecule has 10 aromatic carbocycles. The van der Waals surface area contributed by atoms with Crippen molar-refractivity contribution in [2.45, 2.75) is 35.1 Å². The highest BCUT2D eigenvalue weighted by Gasteiger charge is 2.10. The standard InChI is InChI=1S/C17H19N3O.2C16H16N2O3.C15H14N2O3.C14H11BrN2O2.CH4/c1-13-5-4-6-15(11-13)17(21)19-18-12-14-7-9-16(10-8-14)20(2)3;1-11-4-3-5-12(8-11)16(20)18-17-10-13-6-7-14(21-2)9-15(13)19;1-11-5-3-4-6-14(11)16(20)18-17-10-12-7-8-13(21-2)9-15(12)19;1-10-3-2-4-11(7-10)15(20)17-16-9-12-5-6-13(18)8-14(12)19;15-12-3-1-2-11(8-12)14(19)17-16-9-10-4-6-13(18)7-5-10;/h4-12H,1-3H3,(H,19,21);2*3-10,19H,1-2H3,(H,18,20);2-9,18-19H,1H3,(H,17,20);1-9,18H,(H,17,19);1H4/b18-12+;2*17-10+;2*16-9+;. The number of nitrogens with one attached hydrogen (secondary N) is 5. The molecule has 10 rings (SSSR count). The van der Waals surface area contributed by atoms with Crippen LogP contribution in [0.15, 0.2) is 254 Å². The van der Waals surface area contributed by atoms with Crippen LogP contribution >= 0.6 is 15.9 Å². The van der Waals surface area contributed by atoms with E-state index in [1.165, 1.54) is 69.4 Å². The Morgan fingerprint density at radius 1 is 0.379 bits per heavy atom. The first-order valence-electron chi connectivity index (χ1n) is 31.0. The van der Waals surface area contributed by atoms with E-state index < -0.39 is 0 Å². The highest BCUT2D eigenvalue weighted by Crippen LogP contribution is 2.24. The molecule has 10 N–H and O–H groups in total. The summed E-state index contributed by atoms with van der Waals surface area (Å²) in [7, 11) is 7.02. The molecule has 0 aliphatic heterocycles. The maximum absolute atomic E-state index is 11.9. The Morgan fingerprint density at radius 3 is 1.10 bits per heavy atom. The average Bonchev–Trinajstić information content (AvgIpc) is 0.903. The van der Waals surface area contributed by atoms with Gasteiger partial charge in [-0.05, 0) is 178 Å². The number of benzene rings is 10. The zero-order valence-electron chi connectivity index (χ0n) is 56.9. The van der Waals surface area contributed by atoms with Crippen molar-refractivity contribution in [2.24, 2.45) is 25.5 Å². The molecule has 103 heavy (non-hydrogen) atoms. The summed E-state index contributed by atoms with van der Waals surface area (Å²) in [6, 6.07) is 64.2. The van der Waals surface area contributed by atoms with E-state index in [4.69, 9.17) is 19.7 Å². The summed E-state index contributed by atoms with van der Waals surface area (Å²) < 4.78 is 10.8. The lowest BCUT2D eigenvalue weighted by molar-refractivity contribution is 0.0946. The zero-order chi connectivity index (χ0) is 73.9. The summed E-state index contributed by atoms with van der Waals surface area (Å²) in [5, 5.41) is 66.6. The van der Waals surface area contributed by atoms with Crippen LogP contribution in [-0.2, 0) is 0 Å². The number of ether oxygens (including phenoxy) is 2. The van der Waals surface area contributed by atoms with Crippen LogP contribution in [-0.4, -0.2) is 114 Å². The van der Waals surface area contributed by atoms with Gasteiger partial charge in [0.25, 0.3) is 29.5 Å². The molecule has 530 valence electrons. The number of rotatable bonds is 18. The molecular weight excluding hydrogens is 1370 g/mol. The van der Waals surface area contributed by atoms with E-state index in [9.17, 15) is 39.3 Å². The molecule has 23 nitrogen and oxygen atoms in total. The van der Waals surface area contributed by atoms with Crippen molar-refractivity contribution in [2.75, 3.05) is 33.2 Å². The van der Waals surface area contributed by atoms with E-state index >= 15 is 0 Å². The number of hydrazone groups is 5. The topological polar surface area (TPSA) is 330 Å². The molecule has 0 aliphatic carbocycles. The number of aromatic hydroxyl groups is 5. The predicted octanol–water partition coefficient (Wildman–Crippen LogP) is 13.5. The number of hydrogen-bond acceptors (Lipinski definition) is 18. The molecular formula is C79H80BrN11O12. The predicted molar refractivity (Wildman–Crippen MR) is 409 cm³/mol. The van der Waals surface area contributed by atoms with Crippen LogP contribution in [0.5, 0.6) is 40.2 Å². The van der Waals surface area contributed by atoms with Crippen molar-refractivity contribution < 1.29 is 59.0 Å². The molecule has 10 aromatic rings. The summed E-state index contributed by atoms with van der Waals surface area (Å²) in [6.07, 6.45) is 7.21. The van der Waals surface area contributed by atoms with Crippen molar-refractivity contribution in [3.05, 3.63) is 307 Å². The largest absolute Gasteiger partial charge is 0.508 e. The van der Waals surface area contributed by atoms with E-state index in [2.05, 4.69) is 68.6 Å². The molecule has 0 unspecified atom stereocenters. The maximum atomic E-state index is 11.9. The first-order chi connectivity index (χ1) is 49.0. The van der Waals surface area contributed by atoms with Gasteiger partial charge in [-0.3, -0.25) is 24.0 Å². The van der Waals surface area contributed by atoms with Gasteiger partial charge < -0.3 is 39.9 Å². The van der Waals surface area contributed by atoms with Gasteiger partial charge in [-0.25, -0.2) is 27.1 Å². The fourth-order valence-corrected chi connectivity index (χ4v) is 8.93. The van der Waals surface area contributed by atoms with Crippen molar-refractivity contribution in [3.63, 3.8) is 0 Å². The second kappa shape index (κ2) is 41.9. The van der Waals surface area contributed by atoms with E-state index in [0.29, 0.717) is 56.0 Å². The number of phenolic OH excluding ortho intramolecular Hbond substituents is 5. The SMILES string of the molecule is C.COc1ccc(/C=N/NC(=O)c2cccc(C)c2)c(O)c1.COc1ccc(/C=N/NC(=O)c2ccccc2C)c(O)c1.Cc1cccc(C(=O)N/N=C/c2ccc(N(C)C)cc2)c1.Cc1cccc(C(=O)N/N=C/c2ccc(O)cc2O)c1.O=C(N/N=C/c1ccc(O)cc1)c1cccc(Br)c1. The third-order valence-corrected chi connectivity index (χ3v) is 14.5. The van der Waals surface area contributed by atoms with Crippen LogP contribution in [0.1, 0.15) is 109 Å². The Labute approximate surface area is 606 Å². The molecule has 0 heterocycles. The first-order valence-corrected chi connectivity index (χ1v) is 31.8. The second-order valence-corrected chi connectivity index (χ2v) is 23.0. The number of phenols is 5. The molecule has 24 heteroatoms. The molecule has 0 saturated carbocycles. The number of halogens is 1. The van der Waals surface area contributed by atoms with Crippen LogP contribution in [0.25, 0.3) is 0 Å². The number of amides is 5. The van der Waals surface area contributed by atoms with Crippen LogP contribution in [0.3, 0.4) is 0 Å². The lowest BCUT2D eigenvalue weighted by atomic mass is 10.1. The lowest BCUT2D eigenvalue weighted by Gasteiger charge is -2.11. The van der Waals surface area contributed by atoms with E-state index in [1.54, 1.807) is 121 Å². The van der Waals surface area contributed by atoms with Crippen LogP contribution < -0.4 is 41.5 Å². The van der Waals surface area contributed by atoms with E-state index in [0.717, 1.165) is 43.5 Å². The highest BCUT2D eigenvalue weighted by molar-refractivity contribution is 9.10. The van der Waals surface area contributed by atoms with E-state index in [-0.39, 0.29) is 65.7 Å². The minimum Gasteiger partial charge on any atom is -0.508 e. The highest BCUT2D eigenvalue weighted by atomic mass is 79.9. The quantitative estimate of drug-likeness (QED) is 0.0282. The average molecular weight is 1460 g/mol. The molecule has 0 saturated heterocycles. The third kappa shape index (κ3) is 27.9. The lowest BCUT2D eigenvalue weighted by Crippen LogP contribution is -2.18. The van der Waals surface area contributed by atoms with Crippen LogP contribution in [0, 0.1) is 27.7 Å². The number of aryl methyl sites for hydroxylation is 4. The summed E-state index contributed by atoms with van der Waals surface area (Å²) in [5.41, 5.74) is 23.0. The summed E-state index contributed by atoms with van der Waals surface area (Å²) >= 11 is 3.30. The van der Waals surface area contributed by atoms with Crippen molar-refractivity contribution in [1.29, 1.82) is 0 Å². The molecule has 5 amide bonds. The van der Waals surface area contributed by atoms with Gasteiger partial charge in [-0.1, -0.05) is 113 Å². The van der Waals surface area contributed by atoms with Gasteiger partial charge in [0.05, 0.1) is 45.3 Å². The Balaban J connectivity index is 0.000000231. The molecule has 0 atom stereocenters. The first kappa shape index (κ1) is 80.5. The molecule has 0 bridgehead atoms. The second-order valence-electron chi connectivity index (χ2n) is 22.1. The van der Waals surface area contributed by atoms with Crippen LogP contribution in [0.2, 0.25) is 0 Å². The fraction of sp³-hybridized carbons (Fsp3) is 0.114. The number of carbonyl (C=O) groups is 5. The Bertz CT molecular complexity index is 4640. The number of nitrogens with zero attached hydrogens (tertiary/aromatic N) is 6. The van der Waals surface area contributed by atoms with Gasteiger partial charge in [-0.15, -0.1) is 0 Å². The summed E-state index contributed by atoms with van der Waals surface area (Å²) in [5.74, 6) is -0.217. The molecule has 0 radical (unpaired) electrons. The number of methoxy groups -OCH3 is 2. The Hall–Kier alpha value is -13.2. The van der Waals surface area contributed by atoms with Crippen molar-refractivity contribution in [1.82, 2.24) is 27.1 Å². The molecule has 0 spiro atoms.